The van der Waals surface area contributed by atoms with Crippen molar-refractivity contribution in [2.24, 2.45) is 0 Å². The van der Waals surface area contributed by atoms with E-state index in [-0.39, 0.29) is 0 Å². The summed E-state index contributed by atoms with van der Waals surface area (Å²) in [6.45, 7) is 5.74. The molecule has 0 bridgehead atoms. The van der Waals surface area contributed by atoms with Crippen molar-refractivity contribution in [1.29, 1.82) is 0 Å². The van der Waals surface area contributed by atoms with Gasteiger partial charge in [-0.2, -0.15) is 0 Å². The van der Waals surface area contributed by atoms with Crippen molar-refractivity contribution in [3.8, 4) is 0 Å². The quantitative estimate of drug-likeness (QED) is 0.407. The Morgan fingerprint density at radius 2 is 2.11 bits per heavy atom. The molecule has 0 rings (SSSR count). The smallest absolute Gasteiger partial charge is 0.253 e. The van der Waals surface area contributed by atoms with Gasteiger partial charge in [-0.05, 0) is 20.4 Å². The van der Waals surface area contributed by atoms with Crippen molar-refractivity contribution >= 4 is 0 Å². The minimum atomic E-state index is 0.756. The standard InChI is InChI=1S/C7H17IN/c1-4-7(2)9(3)6-5-8/h7-8H,4-6H2,1-3H3/q+1. The van der Waals surface area contributed by atoms with Crippen molar-refractivity contribution in [3.05, 3.63) is 0 Å². The van der Waals surface area contributed by atoms with Crippen LogP contribution in [0.4, 0.5) is 0 Å². The number of nitrogens with zero attached hydrogens (tertiary/aromatic N) is 1. The van der Waals surface area contributed by atoms with Crippen LogP contribution in [-0.2, 0) is 0 Å². The predicted octanol–water partition coefficient (Wildman–Crippen LogP) is -2.00. The first-order valence-electron chi connectivity index (χ1n) is 3.50. The summed E-state index contributed by atoms with van der Waals surface area (Å²) in [5.41, 5.74) is 0. The van der Waals surface area contributed by atoms with Crippen LogP contribution in [-0.4, -0.2) is 29.0 Å². The normalized spacial score (nSPS) is 14.3. The van der Waals surface area contributed by atoms with Gasteiger partial charge in [-0.3, -0.25) is 4.90 Å². The summed E-state index contributed by atoms with van der Waals surface area (Å²) in [5, 5.41) is 0. The minimum Gasteiger partial charge on any atom is -0.300 e. The maximum atomic E-state index is 2.41. The third kappa shape index (κ3) is 4.14. The fourth-order valence-corrected chi connectivity index (χ4v) is 1.50. The summed E-state index contributed by atoms with van der Waals surface area (Å²) in [5.74, 6) is 0. The second kappa shape index (κ2) is 5.47. The molecule has 0 aromatic carbocycles. The molecule has 1 unspecified atom stereocenters. The second-order valence-corrected chi connectivity index (χ2v) is 3.61. The summed E-state index contributed by atoms with van der Waals surface area (Å²) in [7, 11) is 2.19. The van der Waals surface area contributed by atoms with E-state index in [0.29, 0.717) is 0 Å². The van der Waals surface area contributed by atoms with Crippen LogP contribution in [0.2, 0.25) is 0 Å². The van der Waals surface area contributed by atoms with E-state index in [1.807, 2.05) is 0 Å². The van der Waals surface area contributed by atoms with Crippen molar-refractivity contribution < 1.29 is 22.6 Å². The Balaban J connectivity index is 3.32. The predicted molar refractivity (Wildman–Crippen MR) is 38.6 cm³/mol. The van der Waals surface area contributed by atoms with Crippen LogP contribution >= 0.6 is 0 Å². The van der Waals surface area contributed by atoms with Gasteiger partial charge in [-0.1, -0.05) is 6.92 Å². The molecule has 1 atom stereocenters. The maximum absolute atomic E-state index is 2.41. The molecule has 0 fully saturated rings. The monoisotopic (exact) mass is 242 g/mol. The molecular weight excluding hydrogens is 225 g/mol. The molecule has 0 aliphatic heterocycles. The topological polar surface area (TPSA) is 3.24 Å². The van der Waals surface area contributed by atoms with Gasteiger partial charge in [0.2, 0.25) is 0 Å². The molecule has 0 amide bonds. The third-order valence-electron chi connectivity index (χ3n) is 1.79. The molecule has 0 aliphatic rings. The highest BCUT2D eigenvalue weighted by molar-refractivity contribution is 4.58. The molecule has 56 valence electrons. The molecule has 0 saturated heterocycles. The van der Waals surface area contributed by atoms with Gasteiger partial charge in [0, 0.05) is 12.6 Å². The molecular formula is C7H17IN+. The van der Waals surface area contributed by atoms with E-state index in [1.165, 1.54) is 17.4 Å². The van der Waals surface area contributed by atoms with Crippen LogP contribution < -0.4 is 22.6 Å². The van der Waals surface area contributed by atoms with E-state index in [1.54, 1.807) is 0 Å². The number of alkyl halides is 1. The highest BCUT2D eigenvalue weighted by Gasteiger charge is 2.05. The van der Waals surface area contributed by atoms with E-state index >= 15 is 0 Å². The Bertz CT molecular complexity index is 65.9. The molecule has 1 nitrogen and oxygen atoms in total. The zero-order valence-electron chi connectivity index (χ0n) is 6.55. The lowest BCUT2D eigenvalue weighted by molar-refractivity contribution is -0.369. The van der Waals surface area contributed by atoms with Gasteiger partial charge in [-0.25, -0.2) is 0 Å². The van der Waals surface area contributed by atoms with E-state index in [9.17, 15) is 0 Å². The molecule has 0 saturated carbocycles. The number of hydrogen-bond donors (Lipinski definition) is 0. The van der Waals surface area contributed by atoms with Crippen molar-refractivity contribution in [3.63, 3.8) is 0 Å². The van der Waals surface area contributed by atoms with Crippen LogP contribution in [0.5, 0.6) is 0 Å². The molecule has 0 aliphatic carbocycles. The number of hydrogen-bond acceptors (Lipinski definition) is 1. The Morgan fingerprint density at radius 1 is 1.56 bits per heavy atom. The molecule has 0 aromatic heterocycles. The first kappa shape index (κ1) is 9.69. The zero-order valence-corrected chi connectivity index (χ0v) is 8.88. The zero-order chi connectivity index (χ0) is 7.28. The minimum absolute atomic E-state index is 0.756. The molecule has 0 spiro atoms. The molecule has 9 heavy (non-hydrogen) atoms. The summed E-state index contributed by atoms with van der Waals surface area (Å²) in [4.78, 5) is 2.41. The van der Waals surface area contributed by atoms with E-state index < -0.39 is 0 Å². The van der Waals surface area contributed by atoms with E-state index in [4.69, 9.17) is 0 Å². The third-order valence-corrected chi connectivity index (χ3v) is 2.31. The summed E-state index contributed by atoms with van der Waals surface area (Å²) >= 11 is 2.16. The first-order chi connectivity index (χ1) is 4.22. The summed E-state index contributed by atoms with van der Waals surface area (Å²) in [6, 6.07) is 0.756. The lowest BCUT2D eigenvalue weighted by Crippen LogP contribution is -3.35. The Morgan fingerprint density at radius 3 is 2.44 bits per heavy atom. The van der Waals surface area contributed by atoms with E-state index in [0.717, 1.165) is 6.04 Å². The Kier molecular flexibility index (Phi) is 5.89. The van der Waals surface area contributed by atoms with Crippen LogP contribution in [0.1, 0.15) is 20.3 Å². The Hall–Kier alpha value is 0.690. The largest absolute Gasteiger partial charge is 0.300 e. The first-order valence-corrected chi connectivity index (χ1v) is 5.15. The highest BCUT2D eigenvalue weighted by atomic mass is 127. The molecule has 0 N–H and O–H groups in total. The lowest BCUT2D eigenvalue weighted by Gasteiger charge is -2.20. The second-order valence-electron chi connectivity index (χ2n) is 2.44. The molecule has 0 aromatic rings. The average molecular weight is 242 g/mol. The maximum Gasteiger partial charge on any atom is 0.253 e. The number of halogens is 1. The van der Waals surface area contributed by atoms with Gasteiger partial charge in [0.1, 0.15) is 0 Å². The van der Waals surface area contributed by atoms with Crippen LogP contribution in [0.25, 0.3) is 0 Å². The fraction of sp³-hybridized carbons (Fsp3) is 1.00. The summed E-state index contributed by atoms with van der Waals surface area (Å²) in [6.07, 6.45) is 1.26. The van der Waals surface area contributed by atoms with Gasteiger partial charge in [0.15, 0.2) is 4.43 Å². The highest BCUT2D eigenvalue weighted by Crippen LogP contribution is 1.96. The van der Waals surface area contributed by atoms with Crippen molar-refractivity contribution in [2.45, 2.75) is 26.3 Å². The number of rotatable bonds is 4. The van der Waals surface area contributed by atoms with Crippen molar-refractivity contribution in [1.82, 2.24) is 4.90 Å². The van der Waals surface area contributed by atoms with Gasteiger partial charge in [-0.15, -0.1) is 0 Å². The van der Waals surface area contributed by atoms with E-state index in [2.05, 4.69) is 48.4 Å². The lowest BCUT2D eigenvalue weighted by atomic mass is 10.2. The van der Waals surface area contributed by atoms with Gasteiger partial charge >= 0.3 is 0 Å². The fourth-order valence-electron chi connectivity index (χ4n) is 0.676. The van der Waals surface area contributed by atoms with Crippen LogP contribution in [0.3, 0.4) is 0 Å². The van der Waals surface area contributed by atoms with Gasteiger partial charge in [0.25, 0.3) is 22.6 Å². The van der Waals surface area contributed by atoms with Crippen molar-refractivity contribution in [2.75, 3.05) is 18.0 Å². The van der Waals surface area contributed by atoms with Gasteiger partial charge in [0.05, 0.1) is 0 Å². The Labute approximate surface area is 72.0 Å². The molecule has 2 heteroatoms. The van der Waals surface area contributed by atoms with Crippen LogP contribution in [0.15, 0.2) is 0 Å². The molecule has 0 radical (unpaired) electrons. The SMILES string of the molecule is CCC(C)N(C)CC[IH+]. The molecule has 0 heterocycles. The summed E-state index contributed by atoms with van der Waals surface area (Å²) < 4.78 is 1.27. The van der Waals surface area contributed by atoms with Crippen LogP contribution in [0, 0.1) is 0 Å². The average Bonchev–Trinajstić information content (AvgIpc) is 1.87. The van der Waals surface area contributed by atoms with Gasteiger partial charge < -0.3 is 0 Å².